The molecule has 6 nitrogen and oxygen atoms in total. The Labute approximate surface area is 128 Å². The lowest BCUT2D eigenvalue weighted by atomic mass is 9.82. The van der Waals surface area contributed by atoms with Crippen molar-refractivity contribution in [3.8, 4) is 0 Å². The van der Waals surface area contributed by atoms with Crippen molar-refractivity contribution in [2.24, 2.45) is 0 Å². The number of fused-ring (bicyclic) bond motifs is 2. The second-order valence-corrected chi connectivity index (χ2v) is 6.99. The van der Waals surface area contributed by atoms with Crippen LogP contribution in [0.15, 0.2) is 12.1 Å². The van der Waals surface area contributed by atoms with Crippen molar-refractivity contribution in [3.05, 3.63) is 17.3 Å². The topological polar surface area (TPSA) is 78.4 Å². The molecule has 1 amide bonds. The number of hydrogen-bond donors (Lipinski definition) is 2. The minimum atomic E-state index is -0.817. The second-order valence-electron chi connectivity index (χ2n) is 6.60. The molecule has 2 unspecified atom stereocenters. The van der Waals surface area contributed by atoms with Crippen LogP contribution in [0, 0.1) is 0 Å². The molecule has 3 rings (SSSR count). The highest BCUT2D eigenvalue weighted by Crippen LogP contribution is 2.50. The highest BCUT2D eigenvalue weighted by Gasteiger charge is 2.57. The molecule has 2 aliphatic rings. The van der Waals surface area contributed by atoms with Gasteiger partial charge >= 0.3 is 6.09 Å². The van der Waals surface area contributed by atoms with E-state index in [-0.39, 0.29) is 17.1 Å². The number of hydrogen-bond acceptors (Lipinski definition) is 4. The average molecular weight is 311 g/mol. The maximum Gasteiger partial charge on any atom is 0.408 e. The van der Waals surface area contributed by atoms with Crippen LogP contribution in [-0.2, 0) is 0 Å². The van der Waals surface area contributed by atoms with Crippen LogP contribution in [0.4, 0.5) is 10.6 Å². The molecule has 2 N–H and O–H groups in total. The molecule has 1 aromatic rings. The monoisotopic (exact) mass is 310 g/mol. The first-order chi connectivity index (χ1) is 9.82. The first-order valence-corrected chi connectivity index (χ1v) is 7.49. The maximum absolute atomic E-state index is 11.6. The van der Waals surface area contributed by atoms with Gasteiger partial charge in [0.25, 0.3) is 0 Å². The van der Waals surface area contributed by atoms with E-state index in [2.05, 4.69) is 15.5 Å². The number of aromatic nitrogens is 2. The van der Waals surface area contributed by atoms with Gasteiger partial charge in [0.15, 0.2) is 5.15 Å². The van der Waals surface area contributed by atoms with E-state index in [4.69, 9.17) is 11.6 Å². The third kappa shape index (κ3) is 2.41. The van der Waals surface area contributed by atoms with Crippen LogP contribution in [0.3, 0.4) is 0 Å². The fourth-order valence-electron chi connectivity index (χ4n) is 4.10. The van der Waals surface area contributed by atoms with E-state index in [1.807, 2.05) is 13.8 Å². The molecule has 2 aliphatic heterocycles. The molecule has 0 radical (unpaired) electrons. The Balaban J connectivity index is 1.80. The number of piperidine rings is 1. The highest BCUT2D eigenvalue weighted by atomic mass is 35.5. The van der Waals surface area contributed by atoms with Gasteiger partial charge in [-0.2, -0.15) is 0 Å². The molecular weight excluding hydrogens is 292 g/mol. The molecule has 2 bridgehead atoms. The number of carbonyl (C=O) groups is 1. The summed E-state index contributed by atoms with van der Waals surface area (Å²) in [4.78, 5) is 13.3. The van der Waals surface area contributed by atoms with Crippen molar-refractivity contribution < 1.29 is 9.90 Å². The molecule has 2 saturated heterocycles. The van der Waals surface area contributed by atoms with Crippen LogP contribution in [0.5, 0.6) is 0 Å². The van der Waals surface area contributed by atoms with Crippen molar-refractivity contribution in [1.29, 1.82) is 0 Å². The zero-order chi connectivity index (χ0) is 15.3. The Kier molecular flexibility index (Phi) is 3.24. The van der Waals surface area contributed by atoms with Gasteiger partial charge < -0.3 is 10.4 Å². The van der Waals surface area contributed by atoms with Gasteiger partial charge in [0, 0.05) is 17.1 Å². The maximum atomic E-state index is 11.6. The van der Waals surface area contributed by atoms with Gasteiger partial charge in [-0.3, -0.25) is 4.90 Å². The van der Waals surface area contributed by atoms with Gasteiger partial charge in [-0.15, -0.1) is 10.2 Å². The Morgan fingerprint density at radius 1 is 1.33 bits per heavy atom. The number of nitrogens with one attached hydrogen (secondary N) is 1. The van der Waals surface area contributed by atoms with Crippen molar-refractivity contribution in [3.63, 3.8) is 0 Å². The molecule has 0 aromatic carbocycles. The van der Waals surface area contributed by atoms with Gasteiger partial charge in [-0.05, 0) is 51.7 Å². The first kappa shape index (κ1) is 14.4. The summed E-state index contributed by atoms with van der Waals surface area (Å²) in [5, 5.41) is 21.1. The normalized spacial score (nSPS) is 34.8. The Morgan fingerprint density at radius 3 is 2.43 bits per heavy atom. The lowest BCUT2D eigenvalue weighted by Gasteiger charge is -2.49. The van der Waals surface area contributed by atoms with E-state index in [9.17, 15) is 9.90 Å². The molecule has 3 heterocycles. The van der Waals surface area contributed by atoms with E-state index in [0.717, 1.165) is 25.7 Å². The van der Waals surface area contributed by atoms with Crippen LogP contribution < -0.4 is 5.32 Å². The number of nitrogens with zero attached hydrogens (tertiary/aromatic N) is 3. The van der Waals surface area contributed by atoms with Crippen LogP contribution in [-0.4, -0.2) is 43.4 Å². The quantitative estimate of drug-likeness (QED) is 0.878. The molecule has 0 saturated carbocycles. The van der Waals surface area contributed by atoms with Gasteiger partial charge in [0.2, 0.25) is 0 Å². The van der Waals surface area contributed by atoms with Crippen LogP contribution >= 0.6 is 11.6 Å². The Bertz CT molecular complexity index is 547. The number of amides is 1. The van der Waals surface area contributed by atoms with Crippen molar-refractivity contribution in [2.45, 2.75) is 56.7 Å². The molecule has 21 heavy (non-hydrogen) atoms. The van der Waals surface area contributed by atoms with Gasteiger partial charge in [0.05, 0.1) is 0 Å². The van der Waals surface area contributed by atoms with Crippen molar-refractivity contribution in [1.82, 2.24) is 15.1 Å². The van der Waals surface area contributed by atoms with E-state index < -0.39 is 6.09 Å². The molecule has 3 atom stereocenters. The Hall–Kier alpha value is -1.56. The number of anilines is 1. The Morgan fingerprint density at radius 2 is 1.95 bits per heavy atom. The summed E-state index contributed by atoms with van der Waals surface area (Å²) in [6.07, 6.45) is 2.54. The molecule has 7 heteroatoms. The third-order valence-electron chi connectivity index (χ3n) is 4.83. The summed E-state index contributed by atoms with van der Waals surface area (Å²) in [5.74, 6) is 0.680. The van der Waals surface area contributed by atoms with E-state index >= 15 is 0 Å². The number of carboxylic acid groups (broad SMARTS) is 1. The van der Waals surface area contributed by atoms with Crippen LogP contribution in [0.1, 0.15) is 39.5 Å². The van der Waals surface area contributed by atoms with Gasteiger partial charge in [-0.25, -0.2) is 4.79 Å². The fraction of sp³-hybridized carbons (Fsp3) is 0.643. The first-order valence-electron chi connectivity index (χ1n) is 7.11. The zero-order valence-electron chi connectivity index (χ0n) is 12.1. The smallest absolute Gasteiger partial charge is 0.408 e. The average Bonchev–Trinajstić information content (AvgIpc) is 2.56. The van der Waals surface area contributed by atoms with E-state index in [0.29, 0.717) is 11.0 Å². The molecule has 0 spiro atoms. The molecule has 0 aliphatic carbocycles. The van der Waals surface area contributed by atoms with Gasteiger partial charge in [-0.1, -0.05) is 11.6 Å². The summed E-state index contributed by atoms with van der Waals surface area (Å²) in [5.41, 5.74) is -0.618. The fourth-order valence-corrected chi connectivity index (χ4v) is 4.20. The summed E-state index contributed by atoms with van der Waals surface area (Å²) < 4.78 is 0. The minimum absolute atomic E-state index is 0.188. The zero-order valence-corrected chi connectivity index (χ0v) is 12.9. The molecule has 2 fully saturated rings. The SMILES string of the molecule is CC12CC[C@@](C)(CC(Nc3ccc(Cl)nn3)C1)N2C(=O)O. The predicted octanol–water partition coefficient (Wildman–Crippen LogP) is 3.00. The van der Waals surface area contributed by atoms with Crippen molar-refractivity contribution in [2.75, 3.05) is 5.32 Å². The summed E-state index contributed by atoms with van der Waals surface area (Å²) >= 11 is 5.74. The highest BCUT2D eigenvalue weighted by molar-refractivity contribution is 6.29. The molecular formula is C14H19ClN4O2. The summed E-state index contributed by atoms with van der Waals surface area (Å²) in [7, 11) is 0. The summed E-state index contributed by atoms with van der Waals surface area (Å²) in [6, 6.07) is 3.68. The number of halogens is 1. The predicted molar refractivity (Wildman–Crippen MR) is 79.6 cm³/mol. The van der Waals surface area contributed by atoms with E-state index in [1.54, 1.807) is 17.0 Å². The van der Waals surface area contributed by atoms with Crippen LogP contribution in [0.25, 0.3) is 0 Å². The number of rotatable bonds is 2. The third-order valence-corrected chi connectivity index (χ3v) is 5.03. The lowest BCUT2D eigenvalue weighted by molar-refractivity contribution is 0.0167. The van der Waals surface area contributed by atoms with Crippen LogP contribution in [0.2, 0.25) is 5.15 Å². The van der Waals surface area contributed by atoms with Gasteiger partial charge in [0.1, 0.15) is 5.82 Å². The molecule has 1 aromatic heterocycles. The minimum Gasteiger partial charge on any atom is -0.465 e. The largest absolute Gasteiger partial charge is 0.465 e. The second kappa shape index (κ2) is 4.73. The van der Waals surface area contributed by atoms with Crippen molar-refractivity contribution >= 4 is 23.5 Å². The summed E-state index contributed by atoms with van der Waals surface area (Å²) in [6.45, 7) is 4.07. The molecule has 114 valence electrons. The van der Waals surface area contributed by atoms with E-state index in [1.165, 1.54) is 0 Å². The lowest BCUT2D eigenvalue weighted by Crippen LogP contribution is -2.61. The standard InChI is InChI=1S/C14H19ClN4O2/c1-13-5-6-14(2,19(13)12(20)21)8-9(7-13)16-11-4-3-10(15)17-18-11/h3-4,9H,5-8H2,1-2H3,(H,16,18)(H,20,21)/t9?,13-,14?/m0/s1.